The highest BCUT2D eigenvalue weighted by molar-refractivity contribution is 5.90. The third-order valence-electron chi connectivity index (χ3n) is 7.46. The van der Waals surface area contributed by atoms with E-state index in [2.05, 4.69) is 4.74 Å². The van der Waals surface area contributed by atoms with E-state index in [4.69, 9.17) is 14.2 Å². The molecule has 3 aromatic carbocycles. The molecule has 0 N–H and O–H groups in total. The largest absolute Gasteiger partial charge is 0.459 e. The molecule has 1 aliphatic carbocycles. The maximum atomic E-state index is 14.9. The summed E-state index contributed by atoms with van der Waals surface area (Å²) in [5.74, 6) is -9.76. The van der Waals surface area contributed by atoms with Crippen molar-refractivity contribution in [2.75, 3.05) is 13.2 Å². The number of alkyl halides is 2. The number of hydrogen-bond donors (Lipinski definition) is 0. The van der Waals surface area contributed by atoms with E-state index in [1.54, 1.807) is 6.07 Å². The zero-order chi connectivity index (χ0) is 30.9. The van der Waals surface area contributed by atoms with Gasteiger partial charge < -0.3 is 18.9 Å². The summed E-state index contributed by atoms with van der Waals surface area (Å²) in [6.07, 6.45) is -5.70. The molecule has 2 aliphatic rings. The van der Waals surface area contributed by atoms with E-state index in [0.29, 0.717) is 30.9 Å². The molecule has 1 saturated carbocycles. The van der Waals surface area contributed by atoms with Crippen molar-refractivity contribution in [3.05, 3.63) is 88.7 Å². The van der Waals surface area contributed by atoms with Crippen LogP contribution < -0.4 is 4.74 Å². The smallest absolute Gasteiger partial charge is 0.400 e. The van der Waals surface area contributed by atoms with Gasteiger partial charge in [-0.1, -0.05) is 25.1 Å². The van der Waals surface area contributed by atoms with Gasteiger partial charge in [0.05, 0.1) is 24.7 Å². The Morgan fingerprint density at radius 2 is 1.47 bits per heavy atom. The number of ether oxygens (including phenoxy) is 4. The molecule has 1 aliphatic heterocycles. The molecule has 1 heterocycles. The Balaban J connectivity index is 1.17. The topological polar surface area (TPSA) is 54.0 Å². The number of carbonyl (C=O) groups excluding carboxylic acids is 1. The quantitative estimate of drug-likeness (QED) is 0.153. The van der Waals surface area contributed by atoms with E-state index in [0.717, 1.165) is 12.1 Å². The predicted molar refractivity (Wildman–Crippen MR) is 139 cm³/mol. The Kier molecular flexibility index (Phi) is 8.98. The fourth-order valence-corrected chi connectivity index (χ4v) is 5.12. The first kappa shape index (κ1) is 30.8. The van der Waals surface area contributed by atoms with Gasteiger partial charge in [0, 0.05) is 29.2 Å². The summed E-state index contributed by atoms with van der Waals surface area (Å²) in [5, 5.41) is 0. The van der Waals surface area contributed by atoms with Crippen LogP contribution in [0.1, 0.15) is 54.8 Å². The van der Waals surface area contributed by atoms with Crippen LogP contribution >= 0.6 is 0 Å². The van der Waals surface area contributed by atoms with Gasteiger partial charge in [-0.15, -0.1) is 0 Å². The van der Waals surface area contributed by atoms with Crippen LogP contribution in [0.25, 0.3) is 11.1 Å². The lowest BCUT2D eigenvalue weighted by atomic mass is 9.86. The molecule has 1 saturated heterocycles. The van der Waals surface area contributed by atoms with Gasteiger partial charge in [0.2, 0.25) is 0 Å². The summed E-state index contributed by atoms with van der Waals surface area (Å²) in [7, 11) is 0. The van der Waals surface area contributed by atoms with Crippen molar-refractivity contribution in [1.29, 1.82) is 0 Å². The van der Waals surface area contributed by atoms with Gasteiger partial charge in [0.1, 0.15) is 23.5 Å². The van der Waals surface area contributed by atoms with Gasteiger partial charge in [0.15, 0.2) is 23.7 Å². The van der Waals surface area contributed by atoms with Crippen molar-refractivity contribution >= 4 is 5.97 Å². The highest BCUT2D eigenvalue weighted by atomic mass is 19.3. The summed E-state index contributed by atoms with van der Waals surface area (Å²) >= 11 is 0. The van der Waals surface area contributed by atoms with Crippen molar-refractivity contribution in [2.45, 2.75) is 51.1 Å². The average Bonchev–Trinajstić information content (AvgIpc) is 2.96. The summed E-state index contributed by atoms with van der Waals surface area (Å²) in [4.78, 5) is 12.7. The van der Waals surface area contributed by atoms with Gasteiger partial charge in [0.25, 0.3) is 0 Å². The summed E-state index contributed by atoms with van der Waals surface area (Å²) < 4.78 is 120. The second kappa shape index (κ2) is 12.5. The third kappa shape index (κ3) is 6.96. The number of esters is 1. The molecular weight excluding hydrogens is 585 g/mol. The molecule has 3 aromatic rings. The lowest BCUT2D eigenvalue weighted by molar-refractivity contribution is -0.224. The first-order valence-corrected chi connectivity index (χ1v) is 13.7. The molecule has 43 heavy (non-hydrogen) atoms. The monoisotopic (exact) mass is 612 g/mol. The Bertz CT molecular complexity index is 1460. The lowest BCUT2D eigenvalue weighted by Crippen LogP contribution is -2.39. The average molecular weight is 613 g/mol. The van der Waals surface area contributed by atoms with Crippen LogP contribution in [0, 0.1) is 40.9 Å². The Labute approximate surface area is 242 Å². The third-order valence-corrected chi connectivity index (χ3v) is 7.46. The summed E-state index contributed by atoms with van der Waals surface area (Å²) in [6, 6.07) is 8.49. The van der Waals surface area contributed by atoms with Crippen molar-refractivity contribution in [3.63, 3.8) is 0 Å². The maximum absolute atomic E-state index is 14.9. The Hall–Kier alpha value is -3.64. The van der Waals surface area contributed by atoms with Crippen LogP contribution in [0.3, 0.4) is 0 Å². The van der Waals surface area contributed by atoms with Crippen LogP contribution in [0.5, 0.6) is 5.75 Å². The molecule has 0 bridgehead atoms. The number of rotatable bonds is 7. The number of benzene rings is 3. The highest BCUT2D eigenvalue weighted by Crippen LogP contribution is 2.40. The van der Waals surface area contributed by atoms with E-state index in [1.807, 2.05) is 6.92 Å². The molecule has 0 radical (unpaired) electrons. The van der Waals surface area contributed by atoms with Gasteiger partial charge >= 0.3 is 12.1 Å². The van der Waals surface area contributed by atoms with Crippen LogP contribution in [0.4, 0.5) is 30.7 Å². The number of halogens is 7. The summed E-state index contributed by atoms with van der Waals surface area (Å²) in [5.41, 5.74) is 0.348. The van der Waals surface area contributed by atoms with Crippen LogP contribution in [-0.4, -0.2) is 31.4 Å². The first-order valence-electron chi connectivity index (χ1n) is 13.7. The molecule has 0 spiro atoms. The second-order valence-corrected chi connectivity index (χ2v) is 10.8. The zero-order valence-electron chi connectivity index (χ0n) is 22.9. The van der Waals surface area contributed by atoms with Crippen LogP contribution in [-0.2, 0) is 14.2 Å². The van der Waals surface area contributed by atoms with Gasteiger partial charge in [-0.3, -0.25) is 0 Å². The molecule has 12 heteroatoms. The van der Waals surface area contributed by atoms with Gasteiger partial charge in [-0.05, 0) is 49.4 Å². The van der Waals surface area contributed by atoms with E-state index in [-0.39, 0.29) is 42.7 Å². The SMILES string of the molecule is CC1COC(c2ccc(-c3ccc(C(=O)OC4CCC(C(F)(F)Oc5cc(F)c(F)c(F)c5)CC4)c(F)c3)c(F)c2)OC1. The van der Waals surface area contributed by atoms with Crippen molar-refractivity contribution in [3.8, 4) is 16.9 Å². The zero-order valence-corrected chi connectivity index (χ0v) is 22.9. The molecule has 5 rings (SSSR count). The van der Waals surface area contributed by atoms with E-state index in [1.165, 1.54) is 18.2 Å². The molecule has 5 nitrogen and oxygen atoms in total. The molecule has 0 aromatic heterocycles. The van der Waals surface area contributed by atoms with E-state index in [9.17, 15) is 35.5 Å². The Morgan fingerprint density at radius 1 is 0.814 bits per heavy atom. The fourth-order valence-electron chi connectivity index (χ4n) is 5.12. The highest BCUT2D eigenvalue weighted by Gasteiger charge is 2.45. The number of hydrogen-bond acceptors (Lipinski definition) is 5. The van der Waals surface area contributed by atoms with Crippen molar-refractivity contribution < 1.29 is 54.5 Å². The van der Waals surface area contributed by atoms with Gasteiger partial charge in [-0.25, -0.2) is 26.7 Å². The summed E-state index contributed by atoms with van der Waals surface area (Å²) in [6.45, 7) is 2.91. The molecular formula is C31H27F7O5. The predicted octanol–water partition coefficient (Wildman–Crippen LogP) is 8.12. The fraction of sp³-hybridized carbons (Fsp3) is 0.387. The molecule has 2 fully saturated rings. The minimum atomic E-state index is -3.84. The number of carbonyl (C=O) groups is 1. The normalized spacial score (nSPS) is 22.7. The maximum Gasteiger partial charge on any atom is 0.400 e. The minimum absolute atomic E-state index is 0.00784. The van der Waals surface area contributed by atoms with Crippen LogP contribution in [0.15, 0.2) is 48.5 Å². The lowest BCUT2D eigenvalue weighted by Gasteiger charge is -2.33. The molecule has 230 valence electrons. The van der Waals surface area contributed by atoms with Gasteiger partial charge in [-0.2, -0.15) is 8.78 Å². The van der Waals surface area contributed by atoms with E-state index >= 15 is 0 Å². The molecule has 0 atom stereocenters. The first-order chi connectivity index (χ1) is 20.4. The van der Waals surface area contributed by atoms with Crippen LogP contribution in [0.2, 0.25) is 0 Å². The Morgan fingerprint density at radius 3 is 2.07 bits per heavy atom. The van der Waals surface area contributed by atoms with Crippen molar-refractivity contribution in [1.82, 2.24) is 0 Å². The van der Waals surface area contributed by atoms with Crippen molar-refractivity contribution in [2.24, 2.45) is 11.8 Å². The van der Waals surface area contributed by atoms with E-state index < -0.39 is 70.8 Å². The molecule has 0 unspecified atom stereocenters. The second-order valence-electron chi connectivity index (χ2n) is 10.8. The minimum Gasteiger partial charge on any atom is -0.459 e. The molecule has 0 amide bonds. The standard InChI is InChI=1S/C31H27F7O5/c1-16-14-40-30(41-15-16)18-3-8-22(24(32)11-18)17-2-9-23(25(33)10-17)29(39)42-20-6-4-19(5-7-20)31(37,38)43-21-12-26(34)28(36)27(35)13-21/h2-3,8-13,16,19-20,30H,4-7,14-15H2,1H3.